The molecule has 1 aliphatic heterocycles. The van der Waals surface area contributed by atoms with Gasteiger partial charge in [0.15, 0.2) is 0 Å². The van der Waals surface area contributed by atoms with Crippen molar-refractivity contribution in [3.63, 3.8) is 0 Å². The van der Waals surface area contributed by atoms with E-state index in [9.17, 15) is 9.59 Å². The van der Waals surface area contributed by atoms with E-state index in [1.807, 2.05) is 36.1 Å². The van der Waals surface area contributed by atoms with Crippen LogP contribution in [-0.4, -0.2) is 33.5 Å². The van der Waals surface area contributed by atoms with Gasteiger partial charge in [-0.15, -0.1) is 0 Å². The van der Waals surface area contributed by atoms with Crippen molar-refractivity contribution in [1.82, 2.24) is 14.5 Å². The number of aromatic nitrogens is 2. The molecule has 1 unspecified atom stereocenters. The third kappa shape index (κ3) is 3.48. The molecule has 0 spiro atoms. The monoisotopic (exact) mass is 327 g/mol. The number of benzene rings is 1. The van der Waals surface area contributed by atoms with Gasteiger partial charge in [0.2, 0.25) is 5.91 Å². The van der Waals surface area contributed by atoms with E-state index >= 15 is 0 Å². The lowest BCUT2D eigenvalue weighted by atomic mass is 10.0. The summed E-state index contributed by atoms with van der Waals surface area (Å²) in [6, 6.07) is 9.61. The van der Waals surface area contributed by atoms with Crippen molar-refractivity contribution < 1.29 is 9.53 Å². The maximum Gasteiger partial charge on any atom is 0.347 e. The first kappa shape index (κ1) is 16.2. The molecule has 6 heteroatoms. The van der Waals surface area contributed by atoms with Crippen LogP contribution in [0, 0.1) is 0 Å². The summed E-state index contributed by atoms with van der Waals surface area (Å²) in [5, 5.41) is 0. The van der Waals surface area contributed by atoms with Crippen molar-refractivity contribution in [2.75, 3.05) is 13.2 Å². The second kappa shape index (κ2) is 7.29. The second-order valence-corrected chi connectivity index (χ2v) is 5.78. The number of rotatable bonds is 5. The number of nitrogens with zero attached hydrogens (tertiary/aromatic N) is 3. The van der Waals surface area contributed by atoms with Gasteiger partial charge in [-0.25, -0.2) is 9.78 Å². The minimum atomic E-state index is -0.400. The van der Waals surface area contributed by atoms with Crippen molar-refractivity contribution in [3.8, 4) is 5.75 Å². The van der Waals surface area contributed by atoms with Gasteiger partial charge in [-0.05, 0) is 43.5 Å². The highest BCUT2D eigenvalue weighted by molar-refractivity contribution is 5.76. The molecule has 3 rings (SSSR count). The third-order valence-electron chi connectivity index (χ3n) is 4.24. The quantitative estimate of drug-likeness (QED) is 0.842. The summed E-state index contributed by atoms with van der Waals surface area (Å²) >= 11 is 0. The first-order valence-corrected chi connectivity index (χ1v) is 8.22. The standard InChI is InChI=1S/C18H21N3O3/c1-2-24-15-8-6-14(7-9-15)16-5-3-12-21(16)17(22)13-20-11-4-10-19-18(20)23/h4,6-11,16H,2-3,5,12-13H2,1H3. The summed E-state index contributed by atoms with van der Waals surface area (Å²) in [4.78, 5) is 29.9. The van der Waals surface area contributed by atoms with Crippen LogP contribution >= 0.6 is 0 Å². The molecule has 0 aliphatic carbocycles. The largest absolute Gasteiger partial charge is 0.494 e. The Bertz CT molecular complexity index is 755. The van der Waals surface area contributed by atoms with Crippen LogP contribution in [0.4, 0.5) is 0 Å². The number of carbonyl (C=O) groups is 1. The molecule has 1 atom stereocenters. The number of amides is 1. The number of hydrogen-bond acceptors (Lipinski definition) is 4. The van der Waals surface area contributed by atoms with Crippen molar-refractivity contribution in [1.29, 1.82) is 0 Å². The zero-order chi connectivity index (χ0) is 16.9. The average molecular weight is 327 g/mol. The highest BCUT2D eigenvalue weighted by atomic mass is 16.5. The zero-order valence-electron chi connectivity index (χ0n) is 13.7. The molecule has 0 N–H and O–H groups in total. The Hall–Kier alpha value is -2.63. The highest BCUT2D eigenvalue weighted by Gasteiger charge is 2.30. The molecule has 2 aromatic rings. The second-order valence-electron chi connectivity index (χ2n) is 5.78. The Balaban J connectivity index is 1.74. The van der Waals surface area contributed by atoms with Gasteiger partial charge in [-0.2, -0.15) is 0 Å². The SMILES string of the molecule is CCOc1ccc(C2CCCN2C(=O)Cn2cccnc2=O)cc1. The third-order valence-corrected chi connectivity index (χ3v) is 4.24. The Morgan fingerprint density at radius 3 is 2.83 bits per heavy atom. The van der Waals surface area contributed by atoms with Crippen LogP contribution in [0.5, 0.6) is 5.75 Å². The summed E-state index contributed by atoms with van der Waals surface area (Å²) in [5.41, 5.74) is 0.700. The summed E-state index contributed by atoms with van der Waals surface area (Å²) < 4.78 is 6.81. The summed E-state index contributed by atoms with van der Waals surface area (Å²) in [6.07, 6.45) is 4.92. The van der Waals surface area contributed by atoms with Crippen molar-refractivity contribution in [2.24, 2.45) is 0 Å². The van der Waals surface area contributed by atoms with Gasteiger partial charge >= 0.3 is 5.69 Å². The fourth-order valence-corrected chi connectivity index (χ4v) is 3.11. The molecule has 1 fully saturated rings. The van der Waals surface area contributed by atoms with Crippen LogP contribution in [-0.2, 0) is 11.3 Å². The highest BCUT2D eigenvalue weighted by Crippen LogP contribution is 2.32. The van der Waals surface area contributed by atoms with E-state index in [1.54, 1.807) is 12.3 Å². The van der Waals surface area contributed by atoms with Gasteiger partial charge in [-0.1, -0.05) is 12.1 Å². The van der Waals surface area contributed by atoms with Gasteiger partial charge in [0.25, 0.3) is 0 Å². The van der Waals surface area contributed by atoms with E-state index in [0.29, 0.717) is 13.2 Å². The molecule has 24 heavy (non-hydrogen) atoms. The first-order valence-electron chi connectivity index (χ1n) is 8.22. The fourth-order valence-electron chi connectivity index (χ4n) is 3.11. The van der Waals surface area contributed by atoms with E-state index in [-0.39, 0.29) is 18.5 Å². The molecule has 1 saturated heterocycles. The van der Waals surface area contributed by atoms with E-state index in [4.69, 9.17) is 4.74 Å². The lowest BCUT2D eigenvalue weighted by Gasteiger charge is -2.25. The van der Waals surface area contributed by atoms with Gasteiger partial charge < -0.3 is 9.64 Å². The van der Waals surface area contributed by atoms with Crippen LogP contribution in [0.2, 0.25) is 0 Å². The average Bonchev–Trinajstić information content (AvgIpc) is 3.08. The number of likely N-dealkylation sites (tertiary alicyclic amines) is 1. The summed E-state index contributed by atoms with van der Waals surface area (Å²) in [5.74, 6) is 0.778. The Labute approximate surface area is 140 Å². The summed E-state index contributed by atoms with van der Waals surface area (Å²) in [7, 11) is 0. The molecule has 1 aliphatic rings. The smallest absolute Gasteiger partial charge is 0.347 e. The van der Waals surface area contributed by atoms with E-state index in [1.165, 1.54) is 10.8 Å². The molecule has 0 saturated carbocycles. The van der Waals surface area contributed by atoms with E-state index < -0.39 is 5.69 Å². The Morgan fingerprint density at radius 1 is 1.33 bits per heavy atom. The Morgan fingerprint density at radius 2 is 2.12 bits per heavy atom. The normalized spacial score (nSPS) is 17.0. The van der Waals surface area contributed by atoms with Crippen molar-refractivity contribution in [3.05, 3.63) is 58.8 Å². The number of hydrogen-bond donors (Lipinski definition) is 0. The molecular weight excluding hydrogens is 306 g/mol. The molecule has 6 nitrogen and oxygen atoms in total. The maximum absolute atomic E-state index is 12.6. The predicted molar refractivity (Wildman–Crippen MR) is 89.8 cm³/mol. The zero-order valence-corrected chi connectivity index (χ0v) is 13.7. The molecule has 1 amide bonds. The minimum absolute atomic E-state index is 0.0280. The lowest BCUT2D eigenvalue weighted by molar-refractivity contribution is -0.132. The fraction of sp³-hybridized carbons (Fsp3) is 0.389. The number of carbonyl (C=O) groups excluding carboxylic acids is 1. The lowest BCUT2D eigenvalue weighted by Crippen LogP contribution is -2.36. The van der Waals surface area contributed by atoms with E-state index in [2.05, 4.69) is 4.98 Å². The maximum atomic E-state index is 12.6. The number of ether oxygens (including phenoxy) is 1. The molecule has 0 radical (unpaired) electrons. The van der Waals surface area contributed by atoms with Crippen LogP contribution < -0.4 is 10.4 Å². The molecule has 1 aromatic carbocycles. The predicted octanol–water partition coefficient (Wildman–Crippen LogP) is 2.01. The molecule has 126 valence electrons. The van der Waals surface area contributed by atoms with Crippen molar-refractivity contribution in [2.45, 2.75) is 32.4 Å². The molecule has 2 heterocycles. The molecule has 1 aromatic heterocycles. The van der Waals surface area contributed by atoms with Crippen LogP contribution in [0.1, 0.15) is 31.4 Å². The van der Waals surface area contributed by atoms with Crippen LogP contribution in [0.25, 0.3) is 0 Å². The van der Waals surface area contributed by atoms with Crippen molar-refractivity contribution >= 4 is 5.91 Å². The van der Waals surface area contributed by atoms with Gasteiger partial charge in [0.1, 0.15) is 12.3 Å². The van der Waals surface area contributed by atoms with Gasteiger partial charge in [-0.3, -0.25) is 9.36 Å². The first-order chi connectivity index (χ1) is 11.7. The van der Waals surface area contributed by atoms with E-state index in [0.717, 1.165) is 24.2 Å². The van der Waals surface area contributed by atoms with Gasteiger partial charge in [0, 0.05) is 18.9 Å². The molecular formula is C18H21N3O3. The minimum Gasteiger partial charge on any atom is -0.494 e. The van der Waals surface area contributed by atoms with Gasteiger partial charge in [0.05, 0.1) is 12.6 Å². The topological polar surface area (TPSA) is 64.4 Å². The Kier molecular flexibility index (Phi) is 4.93. The summed E-state index contributed by atoms with van der Waals surface area (Å²) in [6.45, 7) is 3.32. The van der Waals surface area contributed by atoms with Crippen LogP contribution in [0.15, 0.2) is 47.5 Å². The molecule has 0 bridgehead atoms. The van der Waals surface area contributed by atoms with Crippen LogP contribution in [0.3, 0.4) is 0 Å².